The summed E-state index contributed by atoms with van der Waals surface area (Å²) in [6.07, 6.45) is -0.576. The maximum Gasteiger partial charge on any atom is 0.232 e. The van der Waals surface area contributed by atoms with E-state index in [1.54, 1.807) is 6.92 Å². The molecule has 1 heterocycles. The Balaban J connectivity index is 2.59. The van der Waals surface area contributed by atoms with Crippen molar-refractivity contribution >= 4 is 23.4 Å². The third kappa shape index (κ3) is 2.19. The Kier molecular flexibility index (Phi) is 3.27. The second kappa shape index (κ2) is 4.07. The molecule has 0 aromatic heterocycles. The molecule has 1 rings (SSSR count). The summed E-state index contributed by atoms with van der Waals surface area (Å²) in [5.41, 5.74) is 0. The fourth-order valence-electron chi connectivity index (χ4n) is 1.30. The molecule has 74 valence electrons. The maximum absolute atomic E-state index is 11.3. The van der Waals surface area contributed by atoms with Crippen molar-refractivity contribution in [3.05, 3.63) is 0 Å². The zero-order chi connectivity index (χ0) is 10.0. The van der Waals surface area contributed by atoms with E-state index in [2.05, 4.69) is 0 Å². The lowest BCUT2D eigenvalue weighted by molar-refractivity contribution is -0.140. The Labute approximate surface area is 81.5 Å². The maximum atomic E-state index is 11.3. The number of hydrogen-bond donors (Lipinski definition) is 1. The highest BCUT2D eigenvalue weighted by molar-refractivity contribution is 6.18. The zero-order valence-electron chi connectivity index (χ0n) is 7.36. The molecule has 0 aliphatic carbocycles. The summed E-state index contributed by atoms with van der Waals surface area (Å²) in [5, 5.41) is 9.16. The van der Waals surface area contributed by atoms with Crippen molar-refractivity contribution in [3.63, 3.8) is 0 Å². The summed E-state index contributed by atoms with van der Waals surface area (Å²) < 4.78 is 0. The van der Waals surface area contributed by atoms with Crippen LogP contribution in [0.5, 0.6) is 0 Å². The molecule has 1 aliphatic rings. The van der Waals surface area contributed by atoms with E-state index in [0.29, 0.717) is 0 Å². The molecule has 0 radical (unpaired) electrons. The van der Waals surface area contributed by atoms with Gasteiger partial charge in [0.05, 0.1) is 18.5 Å². The van der Waals surface area contributed by atoms with Crippen LogP contribution in [0.25, 0.3) is 0 Å². The normalized spacial score (nSPS) is 25.5. The van der Waals surface area contributed by atoms with Crippen LogP contribution in [-0.4, -0.2) is 40.3 Å². The standard InChI is InChI=1S/C8H12ClNO3/c1-5-2-7(12)10(8(5)13)4-6(11)3-9/h5-6,11H,2-4H2,1H3. The molecule has 5 heteroatoms. The van der Waals surface area contributed by atoms with Gasteiger partial charge in [-0.2, -0.15) is 0 Å². The first-order valence-corrected chi connectivity index (χ1v) is 4.68. The molecular weight excluding hydrogens is 194 g/mol. The van der Waals surface area contributed by atoms with Gasteiger partial charge in [-0.1, -0.05) is 6.92 Å². The fraction of sp³-hybridized carbons (Fsp3) is 0.750. The molecule has 0 aromatic carbocycles. The van der Waals surface area contributed by atoms with Crippen LogP contribution in [0.3, 0.4) is 0 Å². The number of carbonyl (C=O) groups is 2. The molecule has 2 atom stereocenters. The van der Waals surface area contributed by atoms with Crippen LogP contribution in [0.15, 0.2) is 0 Å². The van der Waals surface area contributed by atoms with Crippen LogP contribution in [0, 0.1) is 5.92 Å². The van der Waals surface area contributed by atoms with E-state index in [9.17, 15) is 9.59 Å². The lowest BCUT2D eigenvalue weighted by atomic mass is 10.1. The minimum absolute atomic E-state index is 0.0194. The van der Waals surface area contributed by atoms with E-state index in [1.165, 1.54) is 0 Å². The number of β-amino-alcohol motifs (C(OH)–C–C–N with tert-alkyl or cyclic N) is 1. The SMILES string of the molecule is CC1CC(=O)N(CC(O)CCl)C1=O. The largest absolute Gasteiger partial charge is 0.390 e. The van der Waals surface area contributed by atoms with Gasteiger partial charge >= 0.3 is 0 Å². The Bertz CT molecular complexity index is 231. The molecule has 1 saturated heterocycles. The predicted octanol–water partition coefficient (Wildman–Crippen LogP) is -0.0189. The van der Waals surface area contributed by atoms with E-state index in [0.717, 1.165) is 4.90 Å². The average Bonchev–Trinajstić information content (AvgIpc) is 2.32. The number of likely N-dealkylation sites (tertiary alicyclic amines) is 1. The molecule has 1 aliphatic heterocycles. The van der Waals surface area contributed by atoms with Crippen LogP contribution in [0.2, 0.25) is 0 Å². The van der Waals surface area contributed by atoms with Gasteiger partial charge in [0, 0.05) is 12.3 Å². The predicted molar refractivity (Wildman–Crippen MR) is 47.2 cm³/mol. The topological polar surface area (TPSA) is 57.6 Å². The van der Waals surface area contributed by atoms with Crippen molar-refractivity contribution in [1.82, 2.24) is 4.90 Å². The van der Waals surface area contributed by atoms with Crippen LogP contribution >= 0.6 is 11.6 Å². The van der Waals surface area contributed by atoms with Gasteiger partial charge in [-0.15, -0.1) is 11.6 Å². The van der Waals surface area contributed by atoms with Crippen molar-refractivity contribution in [1.29, 1.82) is 0 Å². The van der Waals surface area contributed by atoms with Gasteiger partial charge in [0.2, 0.25) is 11.8 Å². The number of aliphatic hydroxyl groups is 1. The van der Waals surface area contributed by atoms with Gasteiger partial charge in [-0.3, -0.25) is 14.5 Å². The monoisotopic (exact) mass is 205 g/mol. The van der Waals surface area contributed by atoms with Gasteiger partial charge in [0.15, 0.2) is 0 Å². The number of hydrogen-bond acceptors (Lipinski definition) is 3. The molecule has 4 nitrogen and oxygen atoms in total. The molecule has 1 N–H and O–H groups in total. The van der Waals surface area contributed by atoms with Gasteiger partial charge in [-0.25, -0.2) is 0 Å². The Hall–Kier alpha value is -0.610. The summed E-state index contributed by atoms with van der Waals surface area (Å²) in [6.45, 7) is 1.72. The zero-order valence-corrected chi connectivity index (χ0v) is 8.12. The van der Waals surface area contributed by atoms with Crippen LogP contribution in [0.1, 0.15) is 13.3 Å². The van der Waals surface area contributed by atoms with E-state index in [4.69, 9.17) is 16.7 Å². The second-order valence-corrected chi connectivity index (χ2v) is 3.56. The third-order valence-corrected chi connectivity index (χ3v) is 2.40. The van der Waals surface area contributed by atoms with Gasteiger partial charge < -0.3 is 5.11 Å². The van der Waals surface area contributed by atoms with Crippen molar-refractivity contribution in [2.45, 2.75) is 19.4 Å². The highest BCUT2D eigenvalue weighted by Crippen LogP contribution is 2.18. The summed E-state index contributed by atoms with van der Waals surface area (Å²) in [7, 11) is 0. The van der Waals surface area contributed by atoms with Gasteiger partial charge in [0.25, 0.3) is 0 Å². The minimum Gasteiger partial charge on any atom is -0.390 e. The highest BCUT2D eigenvalue weighted by atomic mass is 35.5. The van der Waals surface area contributed by atoms with Crippen molar-refractivity contribution in [2.24, 2.45) is 5.92 Å². The number of alkyl halides is 1. The molecule has 13 heavy (non-hydrogen) atoms. The lowest BCUT2D eigenvalue weighted by Gasteiger charge is -2.16. The Morgan fingerprint density at radius 3 is 2.69 bits per heavy atom. The number of rotatable bonds is 3. The molecule has 2 unspecified atom stereocenters. The number of imide groups is 1. The van der Waals surface area contributed by atoms with Crippen LogP contribution in [0.4, 0.5) is 0 Å². The molecular formula is C8H12ClNO3. The summed E-state index contributed by atoms with van der Waals surface area (Å²) >= 11 is 5.36. The van der Waals surface area contributed by atoms with Crippen molar-refractivity contribution in [2.75, 3.05) is 12.4 Å². The van der Waals surface area contributed by atoms with E-state index < -0.39 is 6.10 Å². The first-order chi connectivity index (χ1) is 6.06. The second-order valence-electron chi connectivity index (χ2n) is 3.26. The molecule has 2 amide bonds. The Morgan fingerprint density at radius 1 is 1.69 bits per heavy atom. The van der Waals surface area contributed by atoms with Crippen molar-refractivity contribution < 1.29 is 14.7 Å². The molecule has 1 fully saturated rings. The number of nitrogens with zero attached hydrogens (tertiary/aromatic N) is 1. The Morgan fingerprint density at radius 2 is 2.31 bits per heavy atom. The summed E-state index contributed by atoms with van der Waals surface area (Å²) in [6, 6.07) is 0. The van der Waals surface area contributed by atoms with Gasteiger partial charge in [-0.05, 0) is 0 Å². The van der Waals surface area contributed by atoms with E-state index in [1.807, 2.05) is 0 Å². The van der Waals surface area contributed by atoms with Gasteiger partial charge in [0.1, 0.15) is 0 Å². The molecule has 0 spiro atoms. The average molecular weight is 206 g/mol. The fourth-order valence-corrected chi connectivity index (χ4v) is 1.40. The number of amides is 2. The quantitative estimate of drug-likeness (QED) is 0.521. The minimum atomic E-state index is -0.820. The molecule has 0 aromatic rings. The third-order valence-electron chi connectivity index (χ3n) is 2.04. The van der Waals surface area contributed by atoms with E-state index >= 15 is 0 Å². The van der Waals surface area contributed by atoms with Crippen molar-refractivity contribution in [3.8, 4) is 0 Å². The first-order valence-electron chi connectivity index (χ1n) is 4.14. The lowest BCUT2D eigenvalue weighted by Crippen LogP contribution is -2.37. The highest BCUT2D eigenvalue weighted by Gasteiger charge is 2.36. The number of halogens is 1. The molecule has 0 bridgehead atoms. The smallest absolute Gasteiger partial charge is 0.232 e. The summed E-state index contributed by atoms with van der Waals surface area (Å²) in [4.78, 5) is 23.6. The first kappa shape index (κ1) is 10.5. The van der Waals surface area contributed by atoms with Crippen LogP contribution in [-0.2, 0) is 9.59 Å². The number of aliphatic hydroxyl groups excluding tert-OH is 1. The summed E-state index contributed by atoms with van der Waals surface area (Å²) in [5.74, 6) is -0.656. The number of carbonyl (C=O) groups excluding carboxylic acids is 2. The van der Waals surface area contributed by atoms with E-state index in [-0.39, 0.29) is 36.6 Å². The molecule has 0 saturated carbocycles. The van der Waals surface area contributed by atoms with Crippen LogP contribution < -0.4 is 0 Å².